The zero-order valence-corrected chi connectivity index (χ0v) is 22.2. The second-order valence-electron chi connectivity index (χ2n) is 13.7. The maximum Gasteiger partial charge on any atom is 0.302 e. The van der Waals surface area contributed by atoms with Crippen LogP contribution < -0.4 is 5.32 Å². The van der Waals surface area contributed by atoms with Crippen molar-refractivity contribution >= 4 is 5.97 Å². The summed E-state index contributed by atoms with van der Waals surface area (Å²) in [4.78, 5) is 11.6. The number of nitrogens with one attached hydrogen (secondary N) is 1. The van der Waals surface area contributed by atoms with Gasteiger partial charge in [0.05, 0.1) is 11.7 Å². The minimum atomic E-state index is -0.104. The predicted molar refractivity (Wildman–Crippen MR) is 134 cm³/mol. The van der Waals surface area contributed by atoms with Crippen LogP contribution in [0.15, 0.2) is 11.1 Å². The molecule has 1 spiro atoms. The number of carbonyl (C=O) groups is 1. The fourth-order valence-electron chi connectivity index (χ4n) is 10.1. The molecule has 0 aromatic heterocycles. The third kappa shape index (κ3) is 3.56. The molecule has 0 aromatic rings. The van der Waals surface area contributed by atoms with Crippen molar-refractivity contribution in [1.29, 1.82) is 0 Å². The summed E-state index contributed by atoms with van der Waals surface area (Å²) in [5.41, 5.74) is 3.96. The molecule has 6 aliphatic rings. The number of fused-ring (bicyclic) bond motifs is 6. The van der Waals surface area contributed by atoms with Crippen LogP contribution in [0.4, 0.5) is 0 Å². The molecule has 3 saturated carbocycles. The van der Waals surface area contributed by atoms with Crippen LogP contribution >= 0.6 is 0 Å². The third-order valence-electron chi connectivity index (χ3n) is 11.9. The molecule has 2 unspecified atom stereocenters. The van der Waals surface area contributed by atoms with Crippen molar-refractivity contribution in [2.45, 2.75) is 123 Å². The molecular weight excluding hydrogens is 422 g/mol. The predicted octanol–water partition coefficient (Wildman–Crippen LogP) is 6.04. The Bertz CT molecular complexity index is 867. The van der Waals surface area contributed by atoms with Gasteiger partial charge in [-0.15, -0.1) is 0 Å². The van der Waals surface area contributed by atoms with Crippen LogP contribution in [0.2, 0.25) is 0 Å². The Hall–Kier alpha value is -0.870. The Morgan fingerprint density at radius 2 is 1.94 bits per heavy atom. The minimum Gasteiger partial charge on any atom is -0.463 e. The first-order chi connectivity index (χ1) is 16.2. The Kier molecular flexibility index (Phi) is 5.76. The molecule has 6 rings (SSSR count). The van der Waals surface area contributed by atoms with Crippen LogP contribution in [0.25, 0.3) is 0 Å². The maximum atomic E-state index is 11.6. The van der Waals surface area contributed by atoms with Crippen molar-refractivity contribution < 1.29 is 14.3 Å². The van der Waals surface area contributed by atoms with Gasteiger partial charge in [0.2, 0.25) is 0 Å². The standard InChI is InChI=1S/C30H47NO3/c1-17-12-27-28(31-16-17)19(3)30(34-27)11-9-23-24-7-6-21-13-22(33-20(4)32)8-10-29(21,5)26(24)14-25(23)18(2)15-30/h17,19,21-24,26-28,31H,6-16H2,1-5H3/t17-,19+,21+,22-,23-,24?,26-,27?,28-,29-,30-/m0/s1. The van der Waals surface area contributed by atoms with Gasteiger partial charge in [-0.2, -0.15) is 0 Å². The van der Waals surface area contributed by atoms with Crippen LogP contribution in [-0.2, 0) is 14.3 Å². The smallest absolute Gasteiger partial charge is 0.302 e. The lowest BCUT2D eigenvalue weighted by molar-refractivity contribution is -0.154. The zero-order chi connectivity index (χ0) is 23.8. The van der Waals surface area contributed by atoms with E-state index in [9.17, 15) is 4.79 Å². The molecule has 190 valence electrons. The lowest BCUT2D eigenvalue weighted by Gasteiger charge is -2.54. The van der Waals surface area contributed by atoms with E-state index in [-0.39, 0.29) is 17.7 Å². The lowest BCUT2D eigenvalue weighted by Crippen LogP contribution is -2.48. The van der Waals surface area contributed by atoms with Crippen molar-refractivity contribution in [3.05, 3.63) is 11.1 Å². The Labute approximate surface area is 207 Å². The van der Waals surface area contributed by atoms with Gasteiger partial charge in [-0.25, -0.2) is 0 Å². The number of hydrogen-bond donors (Lipinski definition) is 1. The quantitative estimate of drug-likeness (QED) is 0.375. The van der Waals surface area contributed by atoms with E-state index < -0.39 is 0 Å². The summed E-state index contributed by atoms with van der Waals surface area (Å²) >= 11 is 0. The molecule has 1 N–H and O–H groups in total. The topological polar surface area (TPSA) is 47.6 Å². The molecule has 0 aromatic carbocycles. The van der Waals surface area contributed by atoms with Crippen molar-refractivity contribution in [3.63, 3.8) is 0 Å². The lowest BCUT2D eigenvalue weighted by atomic mass is 9.52. The van der Waals surface area contributed by atoms with Gasteiger partial charge in [-0.1, -0.05) is 31.9 Å². The molecule has 11 atom stereocenters. The highest BCUT2D eigenvalue weighted by Gasteiger charge is 2.59. The monoisotopic (exact) mass is 469 g/mol. The summed E-state index contributed by atoms with van der Waals surface area (Å²) in [5.74, 6) is 4.38. The molecule has 4 aliphatic carbocycles. The molecule has 2 aliphatic heterocycles. The van der Waals surface area contributed by atoms with Crippen LogP contribution in [0, 0.1) is 40.9 Å². The van der Waals surface area contributed by atoms with Gasteiger partial charge in [0, 0.05) is 18.9 Å². The van der Waals surface area contributed by atoms with Crippen LogP contribution in [0.1, 0.15) is 98.8 Å². The van der Waals surface area contributed by atoms with Gasteiger partial charge < -0.3 is 14.8 Å². The highest BCUT2D eigenvalue weighted by atomic mass is 16.5. The molecule has 4 nitrogen and oxygen atoms in total. The largest absolute Gasteiger partial charge is 0.463 e. The molecule has 34 heavy (non-hydrogen) atoms. The van der Waals surface area contributed by atoms with Crippen molar-refractivity contribution in [2.75, 3.05) is 6.54 Å². The SMILES string of the molecule is CC(=O)O[C@H]1CC[C@@]2(C)[C@H](CCC3[C@@H]4CC[C@@]5(CC(C)=C4C[C@@H]32)OC2C[C@H](C)CN[C@H]2[C@H]5C)C1. The number of carbonyl (C=O) groups excluding carboxylic acids is 1. The zero-order valence-electron chi connectivity index (χ0n) is 22.2. The fourth-order valence-corrected chi connectivity index (χ4v) is 10.1. The average molecular weight is 470 g/mol. The Morgan fingerprint density at radius 3 is 2.74 bits per heavy atom. The fraction of sp³-hybridized carbons (Fsp3) is 0.900. The molecule has 0 amide bonds. The van der Waals surface area contributed by atoms with E-state index in [1.54, 1.807) is 12.5 Å². The van der Waals surface area contributed by atoms with Crippen LogP contribution in [0.5, 0.6) is 0 Å². The van der Waals surface area contributed by atoms with Crippen LogP contribution in [0.3, 0.4) is 0 Å². The molecule has 0 radical (unpaired) electrons. The Balaban J connectivity index is 1.23. The highest BCUT2D eigenvalue weighted by Crippen LogP contribution is 2.65. The van der Waals surface area contributed by atoms with Crippen molar-refractivity contribution in [3.8, 4) is 0 Å². The van der Waals surface area contributed by atoms with Gasteiger partial charge in [0.25, 0.3) is 0 Å². The van der Waals surface area contributed by atoms with Gasteiger partial charge in [0.15, 0.2) is 0 Å². The van der Waals surface area contributed by atoms with Gasteiger partial charge in [-0.05, 0) is 113 Å². The summed E-state index contributed by atoms with van der Waals surface area (Å²) in [6.45, 7) is 12.6. The number of rotatable bonds is 1. The van der Waals surface area contributed by atoms with Crippen molar-refractivity contribution in [1.82, 2.24) is 5.32 Å². The number of esters is 1. The number of hydrogen-bond acceptors (Lipinski definition) is 4. The molecule has 5 fully saturated rings. The van der Waals surface area contributed by atoms with E-state index in [1.807, 2.05) is 5.57 Å². The summed E-state index contributed by atoms with van der Waals surface area (Å²) in [6, 6.07) is 0.543. The third-order valence-corrected chi connectivity index (χ3v) is 11.9. The van der Waals surface area contributed by atoms with Gasteiger partial charge in [-0.3, -0.25) is 4.79 Å². The summed E-state index contributed by atoms with van der Waals surface area (Å²) in [5, 5.41) is 3.86. The van der Waals surface area contributed by atoms with Gasteiger partial charge in [0.1, 0.15) is 6.10 Å². The van der Waals surface area contributed by atoms with E-state index in [0.717, 1.165) is 55.4 Å². The number of piperidine rings is 1. The molecule has 0 bridgehead atoms. The average Bonchev–Trinajstić information content (AvgIpc) is 3.24. The number of allylic oxidation sites excluding steroid dienone is 1. The molecule has 2 saturated heterocycles. The first-order valence-electron chi connectivity index (χ1n) is 14.5. The van der Waals surface area contributed by atoms with E-state index in [2.05, 4.69) is 33.0 Å². The second kappa shape index (κ2) is 8.33. The molecular formula is C30H47NO3. The van der Waals surface area contributed by atoms with Gasteiger partial charge >= 0.3 is 5.97 Å². The Morgan fingerprint density at radius 1 is 1.12 bits per heavy atom. The van der Waals surface area contributed by atoms with Crippen LogP contribution in [-0.4, -0.2) is 36.4 Å². The van der Waals surface area contributed by atoms with E-state index in [1.165, 1.54) is 44.9 Å². The first-order valence-corrected chi connectivity index (χ1v) is 14.5. The minimum absolute atomic E-state index is 0.0481. The summed E-state index contributed by atoms with van der Waals surface area (Å²) < 4.78 is 12.7. The number of ether oxygens (including phenoxy) is 2. The van der Waals surface area contributed by atoms with E-state index in [4.69, 9.17) is 9.47 Å². The molecule has 2 heterocycles. The molecule has 4 heteroatoms. The summed E-state index contributed by atoms with van der Waals surface area (Å²) in [6.07, 6.45) is 12.9. The summed E-state index contributed by atoms with van der Waals surface area (Å²) in [7, 11) is 0. The first kappa shape index (κ1) is 23.5. The maximum absolute atomic E-state index is 11.6. The second-order valence-corrected chi connectivity index (χ2v) is 13.7. The van der Waals surface area contributed by atoms with E-state index >= 15 is 0 Å². The van der Waals surface area contributed by atoms with Crippen molar-refractivity contribution in [2.24, 2.45) is 40.9 Å². The normalized spacial score (nSPS) is 52.4. The highest BCUT2D eigenvalue weighted by molar-refractivity contribution is 5.66. The van der Waals surface area contributed by atoms with E-state index in [0.29, 0.717) is 23.5 Å².